The van der Waals surface area contributed by atoms with Gasteiger partial charge in [0, 0.05) is 30.2 Å². The van der Waals surface area contributed by atoms with E-state index >= 15 is 0 Å². The lowest BCUT2D eigenvalue weighted by Gasteiger charge is -2.20. The van der Waals surface area contributed by atoms with E-state index in [1.165, 1.54) is 44.5 Å². The first-order valence-corrected chi connectivity index (χ1v) is 13.7. The standard InChI is InChI=1S/C31H25F6N3O4/c1-40-28(38-29(39-40)31(35,36)37)17-5-3-16(4-6-17)27-22-10-12-24(21(22)9-11-23(27)30(32,33)34)44-19-7-8-20-18(13-26(41)42-2)15-43-25(20)14-19/h3-9,11,14,18,24H,10,12-13,15H2,1-2H3. The van der Waals surface area contributed by atoms with Crippen LogP contribution in [0, 0.1) is 0 Å². The first-order chi connectivity index (χ1) is 20.8. The summed E-state index contributed by atoms with van der Waals surface area (Å²) >= 11 is 0. The lowest BCUT2D eigenvalue weighted by molar-refractivity contribution is -0.145. The van der Waals surface area contributed by atoms with Gasteiger partial charge in [-0.05, 0) is 47.2 Å². The van der Waals surface area contributed by atoms with E-state index in [0.717, 1.165) is 16.3 Å². The summed E-state index contributed by atoms with van der Waals surface area (Å²) in [6.07, 6.45) is -8.97. The van der Waals surface area contributed by atoms with Crippen molar-refractivity contribution in [1.82, 2.24) is 14.8 Å². The number of carbonyl (C=O) groups is 1. The van der Waals surface area contributed by atoms with Crippen molar-refractivity contribution in [2.45, 2.75) is 43.6 Å². The van der Waals surface area contributed by atoms with E-state index in [4.69, 9.17) is 14.2 Å². The number of aromatic nitrogens is 3. The van der Waals surface area contributed by atoms with E-state index in [9.17, 15) is 31.1 Å². The summed E-state index contributed by atoms with van der Waals surface area (Å²) < 4.78 is 99.6. The van der Waals surface area contributed by atoms with Gasteiger partial charge in [0.1, 0.15) is 17.6 Å². The van der Waals surface area contributed by atoms with Gasteiger partial charge in [0.05, 0.1) is 25.7 Å². The van der Waals surface area contributed by atoms with E-state index in [0.29, 0.717) is 42.1 Å². The molecule has 2 atom stereocenters. The summed E-state index contributed by atoms with van der Waals surface area (Å²) in [6.45, 7) is 0.322. The van der Waals surface area contributed by atoms with Gasteiger partial charge in [-0.2, -0.15) is 26.3 Å². The van der Waals surface area contributed by atoms with Gasteiger partial charge in [0.15, 0.2) is 5.82 Å². The molecule has 230 valence electrons. The van der Waals surface area contributed by atoms with E-state index in [-0.39, 0.29) is 40.8 Å². The highest BCUT2D eigenvalue weighted by atomic mass is 19.4. The van der Waals surface area contributed by atoms with Gasteiger partial charge in [-0.3, -0.25) is 4.79 Å². The number of aryl methyl sites for hydroxylation is 1. The quantitative estimate of drug-likeness (QED) is 0.167. The molecule has 1 aliphatic carbocycles. The van der Waals surface area contributed by atoms with Crippen molar-refractivity contribution in [3.05, 3.63) is 82.7 Å². The number of hydrogen-bond acceptors (Lipinski definition) is 6. The zero-order valence-corrected chi connectivity index (χ0v) is 23.4. The molecule has 0 amide bonds. The summed E-state index contributed by atoms with van der Waals surface area (Å²) in [7, 11) is 2.63. The zero-order valence-electron chi connectivity index (χ0n) is 23.4. The maximum absolute atomic E-state index is 14.2. The molecule has 44 heavy (non-hydrogen) atoms. The van der Waals surface area contributed by atoms with Crippen LogP contribution in [0.2, 0.25) is 0 Å². The monoisotopic (exact) mass is 617 g/mol. The van der Waals surface area contributed by atoms with Crippen LogP contribution in [0.5, 0.6) is 11.5 Å². The highest BCUT2D eigenvalue weighted by Gasteiger charge is 2.39. The zero-order chi connectivity index (χ0) is 31.4. The van der Waals surface area contributed by atoms with Crippen LogP contribution in [-0.4, -0.2) is 34.5 Å². The molecule has 6 rings (SSSR count). The molecular formula is C31H25F6N3O4. The number of nitrogens with zero attached hydrogens (tertiary/aromatic N) is 3. The molecule has 2 aliphatic rings. The van der Waals surface area contributed by atoms with Crippen LogP contribution in [-0.2, 0) is 35.4 Å². The molecule has 4 aromatic rings. The molecule has 0 saturated carbocycles. The minimum Gasteiger partial charge on any atom is -0.492 e. The van der Waals surface area contributed by atoms with Gasteiger partial charge in [-0.25, -0.2) is 9.67 Å². The Hall–Kier alpha value is -4.55. The van der Waals surface area contributed by atoms with Crippen molar-refractivity contribution in [1.29, 1.82) is 0 Å². The second kappa shape index (κ2) is 10.9. The highest BCUT2D eigenvalue weighted by molar-refractivity contribution is 5.76. The summed E-state index contributed by atoms with van der Waals surface area (Å²) in [6, 6.07) is 13.5. The third-order valence-electron chi connectivity index (χ3n) is 7.89. The molecule has 0 fully saturated rings. The Labute approximate surface area is 247 Å². The number of ether oxygens (including phenoxy) is 3. The fraction of sp³-hybridized carbons (Fsp3) is 0.323. The number of rotatable bonds is 6. The Bertz CT molecular complexity index is 1730. The fourth-order valence-corrected chi connectivity index (χ4v) is 5.84. The molecule has 0 N–H and O–H groups in total. The lowest BCUT2D eigenvalue weighted by atomic mass is 9.91. The number of methoxy groups -OCH3 is 1. The van der Waals surface area contributed by atoms with E-state index < -0.39 is 29.8 Å². The van der Waals surface area contributed by atoms with Crippen LogP contribution >= 0.6 is 0 Å². The van der Waals surface area contributed by atoms with Crippen molar-refractivity contribution in [2.24, 2.45) is 7.05 Å². The molecule has 0 radical (unpaired) electrons. The molecule has 2 heterocycles. The summed E-state index contributed by atoms with van der Waals surface area (Å²) in [5.41, 5.74) is 1.69. The Kier molecular flexibility index (Phi) is 7.29. The largest absolute Gasteiger partial charge is 0.492 e. The first-order valence-electron chi connectivity index (χ1n) is 13.7. The van der Waals surface area contributed by atoms with E-state index in [1.54, 1.807) is 12.1 Å². The average Bonchev–Trinajstić information content (AvgIpc) is 3.69. The molecule has 1 aliphatic heterocycles. The number of esters is 1. The topological polar surface area (TPSA) is 75.5 Å². The fourth-order valence-electron chi connectivity index (χ4n) is 5.84. The maximum Gasteiger partial charge on any atom is 0.453 e. The number of benzene rings is 3. The number of carbonyl (C=O) groups excluding carboxylic acids is 1. The minimum absolute atomic E-state index is 0.00420. The molecule has 0 bridgehead atoms. The van der Waals surface area contributed by atoms with Gasteiger partial charge >= 0.3 is 18.3 Å². The predicted molar refractivity (Wildman–Crippen MR) is 145 cm³/mol. The average molecular weight is 618 g/mol. The number of alkyl halides is 6. The Morgan fingerprint density at radius 3 is 2.34 bits per heavy atom. The first kappa shape index (κ1) is 29.5. The Balaban J connectivity index is 1.30. The van der Waals surface area contributed by atoms with Crippen LogP contribution in [0.1, 0.15) is 52.9 Å². The second-order valence-electron chi connectivity index (χ2n) is 10.6. The van der Waals surface area contributed by atoms with Crippen molar-refractivity contribution in [3.8, 4) is 34.0 Å². The van der Waals surface area contributed by atoms with Gasteiger partial charge < -0.3 is 14.2 Å². The molecule has 2 unspecified atom stereocenters. The molecule has 1 aromatic heterocycles. The highest BCUT2D eigenvalue weighted by Crippen LogP contribution is 2.47. The van der Waals surface area contributed by atoms with Gasteiger partial charge in [-0.15, -0.1) is 5.10 Å². The molecule has 13 heteroatoms. The smallest absolute Gasteiger partial charge is 0.453 e. The second-order valence-corrected chi connectivity index (χ2v) is 10.6. The van der Waals surface area contributed by atoms with Crippen molar-refractivity contribution in [2.75, 3.05) is 13.7 Å². The molecule has 0 spiro atoms. The van der Waals surface area contributed by atoms with Crippen molar-refractivity contribution >= 4 is 5.97 Å². The third kappa shape index (κ3) is 5.46. The number of halogens is 6. The van der Waals surface area contributed by atoms with Crippen LogP contribution in [0.4, 0.5) is 26.3 Å². The Morgan fingerprint density at radius 2 is 1.68 bits per heavy atom. The third-order valence-corrected chi connectivity index (χ3v) is 7.89. The van der Waals surface area contributed by atoms with E-state index in [1.807, 2.05) is 6.07 Å². The molecular weight excluding hydrogens is 592 g/mol. The molecule has 7 nitrogen and oxygen atoms in total. The van der Waals surface area contributed by atoms with Crippen molar-refractivity contribution in [3.63, 3.8) is 0 Å². The van der Waals surface area contributed by atoms with E-state index in [2.05, 4.69) is 10.1 Å². The van der Waals surface area contributed by atoms with Crippen LogP contribution in [0.3, 0.4) is 0 Å². The molecule has 0 saturated heterocycles. The number of hydrogen-bond donors (Lipinski definition) is 0. The van der Waals surface area contributed by atoms with Gasteiger partial charge in [-0.1, -0.05) is 36.4 Å². The van der Waals surface area contributed by atoms with Gasteiger partial charge in [0.25, 0.3) is 5.82 Å². The molecule has 3 aromatic carbocycles. The van der Waals surface area contributed by atoms with Crippen LogP contribution in [0.25, 0.3) is 22.5 Å². The SMILES string of the molecule is COC(=O)CC1COc2cc(OC3CCc4c3ccc(C(F)(F)F)c4-c3ccc(-c4nc(C(F)(F)F)nn4C)cc3)ccc21. The van der Waals surface area contributed by atoms with Gasteiger partial charge in [0.2, 0.25) is 0 Å². The lowest BCUT2D eigenvalue weighted by Crippen LogP contribution is -2.10. The Morgan fingerprint density at radius 1 is 0.977 bits per heavy atom. The van der Waals surface area contributed by atoms with Crippen LogP contribution in [0.15, 0.2) is 54.6 Å². The summed E-state index contributed by atoms with van der Waals surface area (Å²) in [4.78, 5) is 15.3. The minimum atomic E-state index is -4.74. The van der Waals surface area contributed by atoms with Crippen molar-refractivity contribution < 1.29 is 45.3 Å². The normalized spacial score (nSPS) is 17.6. The predicted octanol–water partition coefficient (Wildman–Crippen LogP) is 7.29. The maximum atomic E-state index is 14.2. The number of fused-ring (bicyclic) bond motifs is 2. The summed E-state index contributed by atoms with van der Waals surface area (Å²) in [5, 5.41) is 3.40. The van der Waals surface area contributed by atoms with Crippen LogP contribution < -0.4 is 9.47 Å². The summed E-state index contributed by atoms with van der Waals surface area (Å²) in [5.74, 6) is -0.805.